The van der Waals surface area contributed by atoms with Gasteiger partial charge in [-0.15, -0.1) is 0 Å². The molecule has 106 valence electrons. The van der Waals surface area contributed by atoms with Crippen LogP contribution in [0.5, 0.6) is 0 Å². The molecule has 0 radical (unpaired) electrons. The first-order chi connectivity index (χ1) is 8.96. The second-order valence-corrected chi connectivity index (χ2v) is 7.84. The summed E-state index contributed by atoms with van der Waals surface area (Å²) in [5.74, 6) is 0.497. The topological polar surface area (TPSA) is 60.2 Å². The van der Waals surface area contributed by atoms with Gasteiger partial charge in [-0.1, -0.05) is 43.9 Å². The van der Waals surface area contributed by atoms with Crippen LogP contribution in [0.3, 0.4) is 0 Å². The molecule has 0 amide bonds. The molecule has 0 bridgehead atoms. The molecule has 1 aliphatic carbocycles. The maximum Gasteiger partial charge on any atom is 0.184 e. The molecule has 1 aliphatic rings. The lowest BCUT2D eigenvalue weighted by atomic mass is 9.87. The van der Waals surface area contributed by atoms with Gasteiger partial charge in [-0.3, -0.25) is 0 Å². The lowest BCUT2D eigenvalue weighted by molar-refractivity contribution is 0.348. The predicted molar refractivity (Wildman–Crippen MR) is 79.1 cm³/mol. The van der Waals surface area contributed by atoms with E-state index in [1.54, 1.807) is 18.2 Å². The van der Waals surface area contributed by atoms with Crippen molar-refractivity contribution in [3.63, 3.8) is 0 Å². The van der Waals surface area contributed by atoms with Crippen LogP contribution in [0.2, 0.25) is 5.02 Å². The molecule has 19 heavy (non-hydrogen) atoms. The lowest BCUT2D eigenvalue weighted by Gasteiger charge is -2.28. The molecule has 2 N–H and O–H groups in total. The summed E-state index contributed by atoms with van der Waals surface area (Å²) in [6.45, 7) is 2.11. The van der Waals surface area contributed by atoms with Gasteiger partial charge in [0.05, 0.1) is 16.0 Å². The van der Waals surface area contributed by atoms with Crippen molar-refractivity contribution in [3.05, 3.63) is 23.2 Å². The Hall–Kier alpha value is -0.740. The minimum absolute atomic E-state index is 0.124. The highest BCUT2D eigenvalue weighted by atomic mass is 35.5. The minimum atomic E-state index is -3.42. The third-order valence-corrected chi connectivity index (χ3v) is 6.79. The molecule has 1 saturated carbocycles. The van der Waals surface area contributed by atoms with E-state index in [9.17, 15) is 8.42 Å². The van der Waals surface area contributed by atoms with Gasteiger partial charge in [0, 0.05) is 0 Å². The third kappa shape index (κ3) is 2.90. The number of benzene rings is 1. The molecular weight excluding hydrogens is 282 g/mol. The number of nitrogen functional groups attached to an aromatic ring is 1. The van der Waals surface area contributed by atoms with Crippen LogP contribution in [0.25, 0.3) is 0 Å². The monoisotopic (exact) mass is 301 g/mol. The van der Waals surface area contributed by atoms with Gasteiger partial charge in [-0.05, 0) is 30.9 Å². The fourth-order valence-corrected chi connectivity index (χ4v) is 5.46. The van der Waals surface area contributed by atoms with Gasteiger partial charge >= 0.3 is 0 Å². The summed E-state index contributed by atoms with van der Waals surface area (Å²) in [6.07, 6.45) is 4.56. The van der Waals surface area contributed by atoms with E-state index in [1.165, 1.54) is 0 Å². The van der Waals surface area contributed by atoms with Gasteiger partial charge in [-0.2, -0.15) is 0 Å². The van der Waals surface area contributed by atoms with E-state index in [0.29, 0.717) is 12.3 Å². The summed E-state index contributed by atoms with van der Waals surface area (Å²) >= 11 is 6.04. The molecule has 2 rings (SSSR count). The fourth-order valence-electron chi connectivity index (χ4n) is 2.89. The van der Waals surface area contributed by atoms with Crippen LogP contribution in [0.4, 0.5) is 5.69 Å². The van der Waals surface area contributed by atoms with Crippen molar-refractivity contribution in [1.29, 1.82) is 0 Å². The Morgan fingerprint density at radius 3 is 2.74 bits per heavy atom. The van der Waals surface area contributed by atoms with Gasteiger partial charge in [0.25, 0.3) is 0 Å². The fraction of sp³-hybridized carbons (Fsp3) is 0.571. The molecule has 0 heterocycles. The van der Waals surface area contributed by atoms with E-state index in [0.717, 1.165) is 25.7 Å². The number of hydrogen-bond acceptors (Lipinski definition) is 3. The molecule has 0 aromatic heterocycles. The van der Waals surface area contributed by atoms with Crippen molar-refractivity contribution >= 4 is 27.1 Å². The van der Waals surface area contributed by atoms with Crippen LogP contribution >= 0.6 is 11.6 Å². The van der Waals surface area contributed by atoms with Crippen LogP contribution in [0.1, 0.15) is 39.0 Å². The highest BCUT2D eigenvalue weighted by Crippen LogP contribution is 2.37. The number of hydrogen-bond donors (Lipinski definition) is 1. The molecule has 5 heteroatoms. The van der Waals surface area contributed by atoms with E-state index < -0.39 is 9.84 Å². The summed E-state index contributed by atoms with van der Waals surface area (Å²) in [7, 11) is -3.42. The molecule has 2 atom stereocenters. The highest BCUT2D eigenvalue weighted by molar-refractivity contribution is 7.92. The number of rotatable bonds is 3. The van der Waals surface area contributed by atoms with Crippen LogP contribution in [0, 0.1) is 5.92 Å². The van der Waals surface area contributed by atoms with E-state index in [1.807, 2.05) is 0 Å². The van der Waals surface area contributed by atoms with E-state index in [2.05, 4.69) is 6.92 Å². The van der Waals surface area contributed by atoms with Gasteiger partial charge in [0.1, 0.15) is 4.90 Å². The lowest BCUT2D eigenvalue weighted by Crippen LogP contribution is -2.29. The van der Waals surface area contributed by atoms with E-state index in [-0.39, 0.29) is 20.9 Å². The quantitative estimate of drug-likeness (QED) is 0.867. The van der Waals surface area contributed by atoms with Crippen LogP contribution in [-0.4, -0.2) is 13.7 Å². The average Bonchev–Trinajstić information content (AvgIpc) is 2.38. The molecule has 2 unspecified atom stereocenters. The largest absolute Gasteiger partial charge is 0.398 e. The Bertz CT molecular complexity index is 536. The Morgan fingerprint density at radius 1 is 1.37 bits per heavy atom. The normalized spacial score (nSPS) is 24.3. The molecule has 0 aliphatic heterocycles. The predicted octanol–water partition coefficient (Wildman–Crippen LogP) is 3.66. The summed E-state index contributed by atoms with van der Waals surface area (Å²) in [4.78, 5) is 0.124. The van der Waals surface area contributed by atoms with Crippen molar-refractivity contribution in [3.8, 4) is 0 Å². The van der Waals surface area contributed by atoms with Crippen molar-refractivity contribution in [2.45, 2.75) is 49.2 Å². The second kappa shape index (κ2) is 5.71. The number of halogens is 1. The summed E-state index contributed by atoms with van der Waals surface area (Å²) in [6, 6.07) is 4.86. The number of sulfone groups is 1. The Kier molecular flexibility index (Phi) is 4.41. The van der Waals surface area contributed by atoms with Crippen molar-refractivity contribution in [2.24, 2.45) is 5.92 Å². The molecule has 3 nitrogen and oxygen atoms in total. The summed E-state index contributed by atoms with van der Waals surface area (Å²) in [5, 5.41) is -0.105. The van der Waals surface area contributed by atoms with E-state index >= 15 is 0 Å². The smallest absolute Gasteiger partial charge is 0.184 e. The molecular formula is C14H20ClNO2S. The van der Waals surface area contributed by atoms with E-state index in [4.69, 9.17) is 17.3 Å². The molecule has 0 spiro atoms. The first-order valence-electron chi connectivity index (χ1n) is 6.74. The summed E-state index contributed by atoms with van der Waals surface area (Å²) in [5.41, 5.74) is 6.07. The Labute approximate surface area is 120 Å². The Balaban J connectivity index is 2.37. The van der Waals surface area contributed by atoms with Crippen molar-refractivity contribution in [2.75, 3.05) is 5.73 Å². The standard InChI is InChI=1S/C14H20ClNO2S/c1-2-10-5-3-6-11(9-10)19(17,18)14-12(15)7-4-8-13(14)16/h4,7-8,10-11H,2-3,5-6,9,16H2,1H3. The Morgan fingerprint density at radius 2 is 2.11 bits per heavy atom. The zero-order chi connectivity index (χ0) is 14.0. The first-order valence-corrected chi connectivity index (χ1v) is 8.67. The van der Waals surface area contributed by atoms with Gasteiger partial charge in [-0.25, -0.2) is 8.42 Å². The number of anilines is 1. The maximum atomic E-state index is 12.7. The molecule has 0 saturated heterocycles. The number of nitrogens with two attached hydrogens (primary N) is 1. The van der Waals surface area contributed by atoms with Crippen molar-refractivity contribution in [1.82, 2.24) is 0 Å². The SMILES string of the molecule is CCC1CCCC(S(=O)(=O)c2c(N)cccc2Cl)C1. The van der Waals surface area contributed by atoms with Gasteiger partial charge < -0.3 is 5.73 Å². The second-order valence-electron chi connectivity index (χ2n) is 5.27. The molecule has 1 fully saturated rings. The highest BCUT2D eigenvalue weighted by Gasteiger charge is 2.34. The first kappa shape index (κ1) is 14.7. The third-order valence-electron chi connectivity index (χ3n) is 4.03. The zero-order valence-corrected chi connectivity index (χ0v) is 12.7. The molecule has 1 aromatic carbocycles. The van der Waals surface area contributed by atoms with Crippen LogP contribution < -0.4 is 5.73 Å². The zero-order valence-electron chi connectivity index (χ0n) is 11.1. The summed E-state index contributed by atoms with van der Waals surface area (Å²) < 4.78 is 25.5. The van der Waals surface area contributed by atoms with Gasteiger partial charge in [0.2, 0.25) is 0 Å². The average molecular weight is 302 g/mol. The maximum absolute atomic E-state index is 12.7. The minimum Gasteiger partial charge on any atom is -0.398 e. The van der Waals surface area contributed by atoms with Crippen molar-refractivity contribution < 1.29 is 8.42 Å². The molecule has 1 aromatic rings. The van der Waals surface area contributed by atoms with Crippen LogP contribution in [0.15, 0.2) is 23.1 Å². The van der Waals surface area contributed by atoms with Crippen LogP contribution in [-0.2, 0) is 9.84 Å². The van der Waals surface area contributed by atoms with Gasteiger partial charge in [0.15, 0.2) is 9.84 Å².